The molecule has 0 bridgehead atoms. The van der Waals surface area contributed by atoms with Gasteiger partial charge in [-0.05, 0) is 39.2 Å². The minimum atomic E-state index is 0.132. The van der Waals surface area contributed by atoms with E-state index in [1.807, 2.05) is 20.0 Å². The summed E-state index contributed by atoms with van der Waals surface area (Å²) in [5, 5.41) is 3.61. The van der Waals surface area contributed by atoms with Crippen LogP contribution in [0.5, 0.6) is 5.88 Å². The lowest BCUT2D eigenvalue weighted by atomic mass is 9.94. The fraction of sp³-hybridized carbons (Fsp3) is 0.714. The Balaban J connectivity index is 1.72. The van der Waals surface area contributed by atoms with Crippen LogP contribution in [0.1, 0.15) is 26.7 Å². The van der Waals surface area contributed by atoms with Crippen LogP contribution in [0.15, 0.2) is 12.4 Å². The molecule has 2 aliphatic rings. The normalized spacial score (nSPS) is 26.6. The molecule has 0 saturated carbocycles. The molecule has 1 aromatic heterocycles. The summed E-state index contributed by atoms with van der Waals surface area (Å²) in [6.45, 7) is 7.27. The molecule has 3 heterocycles. The monoisotopic (exact) mass is 262 g/mol. The average molecular weight is 262 g/mol. The Bertz CT molecular complexity index is 423. The molecule has 19 heavy (non-hydrogen) atoms. The summed E-state index contributed by atoms with van der Waals surface area (Å²) in [6, 6.07) is 0.616. The van der Waals surface area contributed by atoms with Gasteiger partial charge in [0.25, 0.3) is 0 Å². The fourth-order valence-electron chi connectivity index (χ4n) is 3.02. The number of nitrogens with one attached hydrogen (secondary N) is 1. The van der Waals surface area contributed by atoms with Gasteiger partial charge in [-0.15, -0.1) is 0 Å². The average Bonchev–Trinajstić information content (AvgIpc) is 2.82. The quantitative estimate of drug-likeness (QED) is 0.893. The number of piperidine rings is 1. The van der Waals surface area contributed by atoms with Gasteiger partial charge in [-0.2, -0.15) is 4.98 Å². The summed E-state index contributed by atoms with van der Waals surface area (Å²) < 4.78 is 5.62. The molecule has 2 fully saturated rings. The van der Waals surface area contributed by atoms with E-state index in [0.717, 1.165) is 31.4 Å². The highest BCUT2D eigenvalue weighted by molar-refractivity contribution is 5.40. The maximum atomic E-state index is 5.62. The van der Waals surface area contributed by atoms with Crippen molar-refractivity contribution in [2.75, 3.05) is 24.5 Å². The number of anilines is 1. The molecule has 2 saturated heterocycles. The number of fused-ring (bicyclic) bond motifs is 1. The first-order chi connectivity index (χ1) is 9.22. The molecule has 1 N–H and O–H groups in total. The predicted octanol–water partition coefficient (Wildman–Crippen LogP) is 1.45. The van der Waals surface area contributed by atoms with Gasteiger partial charge in [-0.3, -0.25) is 4.98 Å². The largest absolute Gasteiger partial charge is 0.474 e. The Morgan fingerprint density at radius 3 is 3.05 bits per heavy atom. The number of rotatable bonds is 3. The molecule has 5 heteroatoms. The molecule has 0 aromatic carbocycles. The third-order valence-electron chi connectivity index (χ3n) is 3.88. The van der Waals surface area contributed by atoms with Crippen molar-refractivity contribution in [3.05, 3.63) is 12.4 Å². The van der Waals surface area contributed by atoms with Crippen molar-refractivity contribution in [2.24, 2.45) is 5.92 Å². The van der Waals surface area contributed by atoms with Crippen molar-refractivity contribution in [1.29, 1.82) is 0 Å². The third-order valence-corrected chi connectivity index (χ3v) is 3.88. The number of nitrogens with zero attached hydrogens (tertiary/aromatic N) is 3. The minimum absolute atomic E-state index is 0.132. The van der Waals surface area contributed by atoms with E-state index in [2.05, 4.69) is 20.2 Å². The van der Waals surface area contributed by atoms with Crippen LogP contribution < -0.4 is 15.0 Å². The van der Waals surface area contributed by atoms with Gasteiger partial charge in [0.1, 0.15) is 0 Å². The van der Waals surface area contributed by atoms with E-state index in [4.69, 9.17) is 4.74 Å². The van der Waals surface area contributed by atoms with Crippen LogP contribution in [0.4, 0.5) is 5.82 Å². The van der Waals surface area contributed by atoms with E-state index in [0.29, 0.717) is 11.9 Å². The number of aromatic nitrogens is 2. The summed E-state index contributed by atoms with van der Waals surface area (Å²) in [6.07, 6.45) is 6.27. The smallest absolute Gasteiger partial charge is 0.234 e. The van der Waals surface area contributed by atoms with Crippen LogP contribution in [0.25, 0.3) is 0 Å². The van der Waals surface area contributed by atoms with Crippen molar-refractivity contribution < 1.29 is 4.74 Å². The van der Waals surface area contributed by atoms with E-state index in [1.165, 1.54) is 12.8 Å². The lowest BCUT2D eigenvalue weighted by Gasteiger charge is -2.24. The Morgan fingerprint density at radius 1 is 1.37 bits per heavy atom. The first kappa shape index (κ1) is 12.7. The van der Waals surface area contributed by atoms with Gasteiger partial charge in [0.2, 0.25) is 5.88 Å². The van der Waals surface area contributed by atoms with Crippen LogP contribution in [0.2, 0.25) is 0 Å². The standard InChI is InChI=1S/C14H22N4O/c1-10(2)19-14-7-15-6-13(17-14)18-8-11-4-3-5-16-12(11)9-18/h6-7,10-12,16H,3-5,8-9H2,1-2H3. The third kappa shape index (κ3) is 2.81. The predicted molar refractivity (Wildman–Crippen MR) is 74.5 cm³/mol. The summed E-state index contributed by atoms with van der Waals surface area (Å²) in [5.74, 6) is 2.31. The first-order valence-corrected chi connectivity index (χ1v) is 7.19. The number of ether oxygens (including phenoxy) is 1. The maximum Gasteiger partial charge on any atom is 0.234 e. The SMILES string of the molecule is CC(C)Oc1cncc(N2CC3CCCNC3C2)n1. The van der Waals surface area contributed by atoms with E-state index in [9.17, 15) is 0 Å². The topological polar surface area (TPSA) is 50.3 Å². The lowest BCUT2D eigenvalue weighted by molar-refractivity contribution is 0.231. The van der Waals surface area contributed by atoms with Crippen LogP contribution in [-0.2, 0) is 0 Å². The minimum Gasteiger partial charge on any atom is -0.474 e. The second-order valence-electron chi connectivity index (χ2n) is 5.75. The van der Waals surface area contributed by atoms with E-state index in [1.54, 1.807) is 6.20 Å². The first-order valence-electron chi connectivity index (χ1n) is 7.19. The number of hydrogen-bond donors (Lipinski definition) is 1. The van der Waals surface area contributed by atoms with Crippen LogP contribution in [0, 0.1) is 5.92 Å². The molecule has 2 aliphatic heterocycles. The number of hydrogen-bond acceptors (Lipinski definition) is 5. The van der Waals surface area contributed by atoms with Crippen molar-refractivity contribution in [2.45, 2.75) is 38.8 Å². The van der Waals surface area contributed by atoms with Crippen LogP contribution >= 0.6 is 0 Å². The van der Waals surface area contributed by atoms with Gasteiger partial charge in [0.15, 0.2) is 5.82 Å². The summed E-state index contributed by atoms with van der Waals surface area (Å²) in [4.78, 5) is 11.1. The second kappa shape index (κ2) is 5.33. The maximum absolute atomic E-state index is 5.62. The van der Waals surface area contributed by atoms with Gasteiger partial charge >= 0.3 is 0 Å². The molecule has 3 rings (SSSR count). The Hall–Kier alpha value is -1.36. The van der Waals surface area contributed by atoms with Crippen molar-refractivity contribution >= 4 is 5.82 Å². The summed E-state index contributed by atoms with van der Waals surface area (Å²) >= 11 is 0. The molecule has 0 aliphatic carbocycles. The molecule has 0 radical (unpaired) electrons. The van der Waals surface area contributed by atoms with Crippen molar-refractivity contribution in [3.63, 3.8) is 0 Å². The second-order valence-corrected chi connectivity index (χ2v) is 5.75. The van der Waals surface area contributed by atoms with Crippen LogP contribution in [0.3, 0.4) is 0 Å². The van der Waals surface area contributed by atoms with Crippen molar-refractivity contribution in [3.8, 4) is 5.88 Å². The van der Waals surface area contributed by atoms with Gasteiger partial charge < -0.3 is 15.0 Å². The van der Waals surface area contributed by atoms with Gasteiger partial charge in [-0.1, -0.05) is 0 Å². The van der Waals surface area contributed by atoms with Crippen LogP contribution in [-0.4, -0.2) is 41.7 Å². The molecule has 2 unspecified atom stereocenters. The molecule has 2 atom stereocenters. The molecule has 0 spiro atoms. The van der Waals surface area contributed by atoms with E-state index in [-0.39, 0.29) is 6.10 Å². The van der Waals surface area contributed by atoms with E-state index < -0.39 is 0 Å². The summed E-state index contributed by atoms with van der Waals surface area (Å²) in [7, 11) is 0. The van der Waals surface area contributed by atoms with Gasteiger partial charge in [0.05, 0.1) is 18.5 Å². The Morgan fingerprint density at radius 2 is 2.26 bits per heavy atom. The Labute approximate surface area is 114 Å². The zero-order chi connectivity index (χ0) is 13.2. The summed E-state index contributed by atoms with van der Waals surface area (Å²) in [5.41, 5.74) is 0. The van der Waals surface area contributed by atoms with Gasteiger partial charge in [0, 0.05) is 19.1 Å². The van der Waals surface area contributed by atoms with Crippen molar-refractivity contribution in [1.82, 2.24) is 15.3 Å². The zero-order valence-corrected chi connectivity index (χ0v) is 11.7. The van der Waals surface area contributed by atoms with Gasteiger partial charge in [-0.25, -0.2) is 0 Å². The molecule has 0 amide bonds. The Kier molecular flexibility index (Phi) is 3.55. The molecule has 5 nitrogen and oxygen atoms in total. The van der Waals surface area contributed by atoms with E-state index >= 15 is 0 Å². The highest BCUT2D eigenvalue weighted by Crippen LogP contribution is 2.28. The molecule has 104 valence electrons. The molecule has 1 aromatic rings. The highest BCUT2D eigenvalue weighted by atomic mass is 16.5. The zero-order valence-electron chi connectivity index (χ0n) is 11.7. The lowest BCUT2D eigenvalue weighted by Crippen LogP contribution is -2.40. The fourth-order valence-corrected chi connectivity index (χ4v) is 3.02. The molecular formula is C14H22N4O. The highest BCUT2D eigenvalue weighted by Gasteiger charge is 2.34. The molecular weight excluding hydrogens is 240 g/mol.